The minimum absolute atomic E-state index is 0.0238. The van der Waals surface area contributed by atoms with E-state index in [4.69, 9.17) is 0 Å². The zero-order valence-corrected chi connectivity index (χ0v) is 14.0. The number of rotatable bonds is 6. The first-order valence-corrected chi connectivity index (χ1v) is 8.52. The lowest BCUT2D eigenvalue weighted by atomic mass is 9.97. The Labute approximate surface area is 142 Å². The first-order chi connectivity index (χ1) is 11.8. The molecule has 0 saturated carbocycles. The fraction of sp³-hybridized carbons (Fsp3) is 0.238. The fourth-order valence-electron chi connectivity index (χ4n) is 2.95. The number of amides is 1. The van der Waals surface area contributed by atoms with Gasteiger partial charge >= 0.3 is 0 Å². The molecule has 1 N–H and O–H groups in total. The molecule has 0 saturated heterocycles. The van der Waals surface area contributed by atoms with Gasteiger partial charge in [0.15, 0.2) is 0 Å². The van der Waals surface area contributed by atoms with Crippen LogP contribution in [0.4, 0.5) is 0 Å². The summed E-state index contributed by atoms with van der Waals surface area (Å²) in [7, 11) is 0. The predicted octanol–water partition coefficient (Wildman–Crippen LogP) is 5.02. The average Bonchev–Trinajstić information content (AvgIpc) is 2.61. The second kappa shape index (κ2) is 7.73. The van der Waals surface area contributed by atoms with Gasteiger partial charge in [0.1, 0.15) is 0 Å². The highest BCUT2D eigenvalue weighted by Crippen LogP contribution is 2.27. The van der Waals surface area contributed by atoms with Crippen molar-refractivity contribution in [3.63, 3.8) is 0 Å². The second-order valence-corrected chi connectivity index (χ2v) is 5.98. The van der Waals surface area contributed by atoms with Crippen molar-refractivity contribution in [3.05, 3.63) is 60.2 Å². The van der Waals surface area contributed by atoms with E-state index in [1.165, 1.54) is 10.8 Å². The molecule has 0 aliphatic heterocycles. The Bertz CT molecular complexity index is 829. The Balaban J connectivity index is 1.89. The van der Waals surface area contributed by atoms with Gasteiger partial charge in [0.25, 0.3) is 0 Å². The Morgan fingerprint density at radius 1 is 1.00 bits per heavy atom. The van der Waals surface area contributed by atoms with E-state index in [2.05, 4.69) is 47.8 Å². The lowest BCUT2D eigenvalue weighted by Gasteiger charge is -2.08. The van der Waals surface area contributed by atoms with Crippen LogP contribution in [-0.2, 0) is 4.79 Å². The molecule has 0 bridgehead atoms. The maximum absolute atomic E-state index is 11.8. The van der Waals surface area contributed by atoms with Crippen molar-refractivity contribution in [2.45, 2.75) is 32.6 Å². The first kappa shape index (κ1) is 16.2. The monoisotopic (exact) mass is 318 g/mol. The zero-order chi connectivity index (χ0) is 16.8. The van der Waals surface area contributed by atoms with Gasteiger partial charge in [-0.1, -0.05) is 68.3 Å². The van der Waals surface area contributed by atoms with Crippen molar-refractivity contribution in [3.8, 4) is 0 Å². The number of nitrogens with one attached hydrogen (secondary N) is 1. The highest BCUT2D eigenvalue weighted by molar-refractivity contribution is 6.13. The summed E-state index contributed by atoms with van der Waals surface area (Å²) in [5, 5.41) is 8.82. The summed E-state index contributed by atoms with van der Waals surface area (Å²) < 4.78 is 0. The number of hydrogen-bond donors (Lipinski definition) is 1. The SMILES string of the molecule is CCCCCC(=O)N/N=C\c1c2ccccc2cc2ccccc12. The van der Waals surface area contributed by atoms with Crippen LogP contribution in [0.25, 0.3) is 21.5 Å². The van der Waals surface area contributed by atoms with Crippen LogP contribution in [0.3, 0.4) is 0 Å². The average molecular weight is 318 g/mol. The third-order valence-electron chi connectivity index (χ3n) is 4.20. The van der Waals surface area contributed by atoms with Crippen LogP contribution < -0.4 is 5.43 Å². The van der Waals surface area contributed by atoms with Gasteiger partial charge in [-0.25, -0.2) is 5.43 Å². The maximum Gasteiger partial charge on any atom is 0.240 e. The van der Waals surface area contributed by atoms with E-state index in [-0.39, 0.29) is 5.91 Å². The van der Waals surface area contributed by atoms with Crippen molar-refractivity contribution in [1.29, 1.82) is 0 Å². The lowest BCUT2D eigenvalue weighted by Crippen LogP contribution is -2.16. The smallest absolute Gasteiger partial charge is 0.240 e. The van der Waals surface area contributed by atoms with Gasteiger partial charge in [-0.05, 0) is 34.0 Å². The number of hydrogen-bond acceptors (Lipinski definition) is 2. The van der Waals surface area contributed by atoms with Crippen LogP contribution in [0.15, 0.2) is 59.7 Å². The predicted molar refractivity (Wildman–Crippen MR) is 101 cm³/mol. The molecular formula is C21H22N2O. The number of fused-ring (bicyclic) bond motifs is 2. The van der Waals surface area contributed by atoms with Crippen molar-refractivity contribution in [2.75, 3.05) is 0 Å². The van der Waals surface area contributed by atoms with Crippen LogP contribution in [0.1, 0.15) is 38.2 Å². The van der Waals surface area contributed by atoms with Crippen molar-refractivity contribution in [1.82, 2.24) is 5.43 Å². The summed E-state index contributed by atoms with van der Waals surface area (Å²) in [6.07, 6.45) is 5.39. The van der Waals surface area contributed by atoms with Gasteiger partial charge in [0.2, 0.25) is 5.91 Å². The summed E-state index contributed by atoms with van der Waals surface area (Å²) in [6.45, 7) is 2.13. The van der Waals surface area contributed by atoms with E-state index in [0.29, 0.717) is 6.42 Å². The summed E-state index contributed by atoms with van der Waals surface area (Å²) in [4.78, 5) is 11.8. The fourth-order valence-corrected chi connectivity index (χ4v) is 2.95. The molecule has 3 aromatic rings. The molecule has 0 atom stereocenters. The van der Waals surface area contributed by atoms with Crippen LogP contribution in [0.5, 0.6) is 0 Å². The zero-order valence-electron chi connectivity index (χ0n) is 14.0. The van der Waals surface area contributed by atoms with E-state index >= 15 is 0 Å². The first-order valence-electron chi connectivity index (χ1n) is 8.52. The molecule has 0 heterocycles. The molecule has 0 radical (unpaired) electrons. The van der Waals surface area contributed by atoms with Crippen LogP contribution in [-0.4, -0.2) is 12.1 Å². The third kappa shape index (κ3) is 3.62. The molecule has 24 heavy (non-hydrogen) atoms. The van der Waals surface area contributed by atoms with E-state index in [1.807, 2.05) is 24.3 Å². The van der Waals surface area contributed by atoms with Gasteiger partial charge in [0.05, 0.1) is 6.21 Å². The Morgan fingerprint density at radius 3 is 2.25 bits per heavy atom. The molecule has 1 amide bonds. The lowest BCUT2D eigenvalue weighted by molar-refractivity contribution is -0.121. The van der Waals surface area contributed by atoms with Crippen LogP contribution in [0, 0.1) is 0 Å². The van der Waals surface area contributed by atoms with Gasteiger partial charge in [0, 0.05) is 12.0 Å². The van der Waals surface area contributed by atoms with E-state index in [1.54, 1.807) is 6.21 Å². The minimum atomic E-state index is -0.0238. The van der Waals surface area contributed by atoms with Gasteiger partial charge in [-0.15, -0.1) is 0 Å². The van der Waals surface area contributed by atoms with Gasteiger partial charge in [-0.2, -0.15) is 5.10 Å². The second-order valence-electron chi connectivity index (χ2n) is 5.98. The highest BCUT2D eigenvalue weighted by Gasteiger charge is 2.05. The molecule has 3 rings (SSSR count). The standard InChI is InChI=1S/C21H22N2O/c1-2-3-4-13-21(24)23-22-15-20-18-11-7-5-9-16(18)14-17-10-6-8-12-19(17)20/h5-12,14-15H,2-4,13H2,1H3,(H,23,24)/b22-15-. The molecular weight excluding hydrogens is 296 g/mol. The Hall–Kier alpha value is -2.68. The van der Waals surface area contributed by atoms with E-state index < -0.39 is 0 Å². The Kier molecular flexibility index (Phi) is 5.22. The largest absolute Gasteiger partial charge is 0.273 e. The summed E-state index contributed by atoms with van der Waals surface area (Å²) >= 11 is 0. The number of hydrazone groups is 1. The highest BCUT2D eigenvalue weighted by atomic mass is 16.2. The molecule has 0 aliphatic rings. The van der Waals surface area contributed by atoms with Crippen molar-refractivity contribution >= 4 is 33.7 Å². The van der Waals surface area contributed by atoms with Crippen molar-refractivity contribution in [2.24, 2.45) is 5.10 Å². The maximum atomic E-state index is 11.8. The topological polar surface area (TPSA) is 41.5 Å². The number of nitrogens with zero attached hydrogens (tertiary/aromatic N) is 1. The van der Waals surface area contributed by atoms with Gasteiger partial charge in [-0.3, -0.25) is 4.79 Å². The third-order valence-corrected chi connectivity index (χ3v) is 4.20. The summed E-state index contributed by atoms with van der Waals surface area (Å²) in [6, 6.07) is 18.7. The Morgan fingerprint density at radius 2 is 1.62 bits per heavy atom. The molecule has 0 fully saturated rings. The quantitative estimate of drug-likeness (QED) is 0.295. The normalized spacial score (nSPS) is 11.4. The minimum Gasteiger partial charge on any atom is -0.273 e. The number of carbonyl (C=O) groups excluding carboxylic acids is 1. The van der Waals surface area contributed by atoms with Crippen LogP contribution >= 0.6 is 0 Å². The summed E-state index contributed by atoms with van der Waals surface area (Å²) in [5.41, 5.74) is 3.69. The number of carbonyl (C=O) groups is 1. The van der Waals surface area contributed by atoms with Crippen LogP contribution in [0.2, 0.25) is 0 Å². The van der Waals surface area contributed by atoms with E-state index in [9.17, 15) is 4.79 Å². The molecule has 122 valence electrons. The summed E-state index contributed by atoms with van der Waals surface area (Å²) in [5.74, 6) is -0.0238. The van der Waals surface area contributed by atoms with E-state index in [0.717, 1.165) is 35.6 Å². The molecule has 3 aromatic carbocycles. The molecule has 0 aliphatic carbocycles. The van der Waals surface area contributed by atoms with Gasteiger partial charge < -0.3 is 0 Å². The number of unbranched alkanes of at least 4 members (excludes halogenated alkanes) is 2. The van der Waals surface area contributed by atoms with Crippen molar-refractivity contribution < 1.29 is 4.79 Å². The molecule has 0 spiro atoms. The molecule has 3 heteroatoms. The molecule has 0 unspecified atom stereocenters. The molecule has 0 aromatic heterocycles. The number of benzene rings is 3. The molecule has 3 nitrogen and oxygen atoms in total.